The summed E-state index contributed by atoms with van der Waals surface area (Å²) in [5.41, 5.74) is 2.32. The third kappa shape index (κ3) is 4.84. The highest BCUT2D eigenvalue weighted by molar-refractivity contribution is 7.10. The second-order valence-corrected chi connectivity index (χ2v) is 9.19. The zero-order valence-corrected chi connectivity index (χ0v) is 19.0. The first-order valence-electron chi connectivity index (χ1n) is 11.1. The van der Waals surface area contributed by atoms with Crippen LogP contribution in [0.15, 0.2) is 76.5 Å². The molecule has 2 aromatic carbocycles. The molecule has 4 aromatic rings. The number of thiophene rings is 1. The van der Waals surface area contributed by atoms with E-state index in [1.54, 1.807) is 0 Å². The molecule has 6 nitrogen and oxygen atoms in total. The van der Waals surface area contributed by atoms with Crippen LogP contribution in [-0.4, -0.2) is 47.8 Å². The van der Waals surface area contributed by atoms with Crippen LogP contribution in [0, 0.1) is 0 Å². The molecule has 1 N–H and O–H groups in total. The second kappa shape index (κ2) is 9.60. The van der Waals surface area contributed by atoms with E-state index in [1.807, 2.05) is 64.9 Å². The molecular weight excluding hydrogens is 434 g/mol. The Bertz CT molecular complexity index is 1240. The van der Waals surface area contributed by atoms with Gasteiger partial charge in [-0.3, -0.25) is 14.5 Å². The summed E-state index contributed by atoms with van der Waals surface area (Å²) >= 11 is 1.54. The Labute approximate surface area is 196 Å². The Hall–Kier alpha value is -3.42. The normalized spacial score (nSPS) is 14.5. The van der Waals surface area contributed by atoms with Gasteiger partial charge in [-0.25, -0.2) is 0 Å². The number of hydrogen-bond acceptors (Lipinski definition) is 5. The molecule has 5 rings (SSSR count). The molecule has 1 fully saturated rings. The Morgan fingerprint density at radius 2 is 1.67 bits per heavy atom. The molecule has 168 valence electrons. The molecule has 0 saturated carbocycles. The van der Waals surface area contributed by atoms with Crippen molar-refractivity contribution in [3.63, 3.8) is 0 Å². The molecule has 3 heterocycles. The minimum Gasteiger partial charge on any atom is -0.449 e. The van der Waals surface area contributed by atoms with E-state index in [0.29, 0.717) is 24.4 Å². The highest BCUT2D eigenvalue weighted by atomic mass is 32.1. The molecule has 7 heteroatoms. The van der Waals surface area contributed by atoms with Gasteiger partial charge in [-0.2, -0.15) is 0 Å². The standard InChI is InChI=1S/C26H25N3O3S/c30-23(17-20-9-6-16-33-20)27-24-21-10-4-5-11-22(21)32-25(24)26(31)29-14-12-28(13-15-29)18-19-7-2-1-3-8-19/h1-11,16H,12-15,17-18H2,(H,27,30). The molecule has 0 atom stereocenters. The van der Waals surface area contributed by atoms with E-state index in [-0.39, 0.29) is 24.0 Å². The van der Waals surface area contributed by atoms with Gasteiger partial charge >= 0.3 is 0 Å². The highest BCUT2D eigenvalue weighted by Crippen LogP contribution is 2.32. The van der Waals surface area contributed by atoms with E-state index in [0.717, 1.165) is 29.9 Å². The van der Waals surface area contributed by atoms with Gasteiger partial charge in [0.2, 0.25) is 11.7 Å². The van der Waals surface area contributed by atoms with Gasteiger partial charge in [0.05, 0.1) is 6.42 Å². The number of piperazine rings is 1. The molecule has 2 aromatic heterocycles. The number of rotatable bonds is 6. The monoisotopic (exact) mass is 459 g/mol. The fourth-order valence-corrected chi connectivity index (χ4v) is 4.87. The Morgan fingerprint density at radius 1 is 0.909 bits per heavy atom. The first-order chi connectivity index (χ1) is 16.2. The van der Waals surface area contributed by atoms with E-state index in [1.165, 1.54) is 16.9 Å². The lowest BCUT2D eigenvalue weighted by Gasteiger charge is -2.34. The maximum absolute atomic E-state index is 13.4. The average Bonchev–Trinajstić information content (AvgIpc) is 3.48. The molecule has 33 heavy (non-hydrogen) atoms. The first kappa shape index (κ1) is 21.4. The third-order valence-electron chi connectivity index (χ3n) is 5.88. The van der Waals surface area contributed by atoms with Crippen molar-refractivity contribution >= 4 is 39.8 Å². The van der Waals surface area contributed by atoms with Crippen LogP contribution in [0.3, 0.4) is 0 Å². The average molecular weight is 460 g/mol. The van der Waals surface area contributed by atoms with E-state index < -0.39 is 0 Å². The zero-order valence-electron chi connectivity index (χ0n) is 18.2. The lowest BCUT2D eigenvalue weighted by molar-refractivity contribution is -0.115. The van der Waals surface area contributed by atoms with Crippen LogP contribution in [0.25, 0.3) is 11.0 Å². The van der Waals surface area contributed by atoms with Gasteiger partial charge in [0, 0.05) is 43.0 Å². The van der Waals surface area contributed by atoms with Crippen molar-refractivity contribution in [2.75, 3.05) is 31.5 Å². The van der Waals surface area contributed by atoms with E-state index >= 15 is 0 Å². The molecule has 0 spiro atoms. The maximum Gasteiger partial charge on any atom is 0.291 e. The summed E-state index contributed by atoms with van der Waals surface area (Å²) < 4.78 is 5.96. The maximum atomic E-state index is 13.4. The molecule has 0 aliphatic carbocycles. The molecule has 0 unspecified atom stereocenters. The number of fused-ring (bicyclic) bond motifs is 1. The van der Waals surface area contributed by atoms with Crippen molar-refractivity contribution in [2.45, 2.75) is 13.0 Å². The van der Waals surface area contributed by atoms with Crippen LogP contribution in [0.5, 0.6) is 0 Å². The Morgan fingerprint density at radius 3 is 2.42 bits per heavy atom. The highest BCUT2D eigenvalue weighted by Gasteiger charge is 2.29. The molecule has 0 bridgehead atoms. The number of hydrogen-bond donors (Lipinski definition) is 1. The van der Waals surface area contributed by atoms with E-state index in [4.69, 9.17) is 4.42 Å². The lowest BCUT2D eigenvalue weighted by atomic mass is 10.1. The van der Waals surface area contributed by atoms with Gasteiger partial charge in [0.25, 0.3) is 5.91 Å². The number of nitrogens with one attached hydrogen (secondary N) is 1. The summed E-state index contributed by atoms with van der Waals surface area (Å²) in [6.45, 7) is 3.69. The van der Waals surface area contributed by atoms with Crippen molar-refractivity contribution in [3.05, 3.63) is 88.3 Å². The predicted molar refractivity (Wildman–Crippen MR) is 130 cm³/mol. The number of carbonyl (C=O) groups is 2. The largest absolute Gasteiger partial charge is 0.449 e. The van der Waals surface area contributed by atoms with Crippen molar-refractivity contribution in [1.29, 1.82) is 0 Å². The van der Waals surface area contributed by atoms with Crippen LogP contribution in [0.4, 0.5) is 5.69 Å². The van der Waals surface area contributed by atoms with Gasteiger partial charge in [0.1, 0.15) is 11.3 Å². The summed E-state index contributed by atoms with van der Waals surface area (Å²) in [5, 5.41) is 5.63. The third-order valence-corrected chi connectivity index (χ3v) is 6.75. The molecule has 1 saturated heterocycles. The number of furan rings is 1. The number of nitrogens with zero attached hydrogens (tertiary/aromatic N) is 2. The van der Waals surface area contributed by atoms with Crippen LogP contribution in [0.1, 0.15) is 21.0 Å². The molecule has 2 amide bonds. The van der Waals surface area contributed by atoms with Crippen LogP contribution < -0.4 is 5.32 Å². The van der Waals surface area contributed by atoms with Gasteiger partial charge in [0.15, 0.2) is 0 Å². The van der Waals surface area contributed by atoms with E-state index in [9.17, 15) is 9.59 Å². The molecule has 1 aliphatic rings. The topological polar surface area (TPSA) is 65.8 Å². The molecule has 1 aliphatic heterocycles. The summed E-state index contributed by atoms with van der Waals surface area (Å²) in [5.74, 6) is -0.144. The summed E-state index contributed by atoms with van der Waals surface area (Å²) in [4.78, 5) is 31.3. The Balaban J connectivity index is 1.31. The smallest absolute Gasteiger partial charge is 0.291 e. The van der Waals surface area contributed by atoms with Crippen molar-refractivity contribution < 1.29 is 14.0 Å². The minimum atomic E-state index is -0.183. The lowest BCUT2D eigenvalue weighted by Crippen LogP contribution is -2.48. The Kier molecular flexibility index (Phi) is 6.24. The van der Waals surface area contributed by atoms with E-state index in [2.05, 4.69) is 22.3 Å². The van der Waals surface area contributed by atoms with Crippen LogP contribution >= 0.6 is 11.3 Å². The number of carbonyl (C=O) groups excluding carboxylic acids is 2. The minimum absolute atomic E-state index is 0.161. The predicted octanol–water partition coefficient (Wildman–Crippen LogP) is 4.63. The van der Waals surface area contributed by atoms with Crippen molar-refractivity contribution in [3.8, 4) is 0 Å². The summed E-state index contributed by atoms with van der Waals surface area (Å²) in [6.07, 6.45) is 0.267. The number of para-hydroxylation sites is 1. The number of anilines is 1. The quantitative estimate of drug-likeness (QED) is 0.456. The summed E-state index contributed by atoms with van der Waals surface area (Å²) in [7, 11) is 0. The number of benzene rings is 2. The van der Waals surface area contributed by atoms with Gasteiger partial charge in [-0.05, 0) is 29.1 Å². The summed E-state index contributed by atoms with van der Waals surface area (Å²) in [6, 6.07) is 21.6. The zero-order chi connectivity index (χ0) is 22.6. The fourth-order valence-electron chi connectivity index (χ4n) is 4.17. The van der Waals surface area contributed by atoms with Crippen molar-refractivity contribution in [1.82, 2.24) is 9.80 Å². The molecule has 0 radical (unpaired) electrons. The van der Waals surface area contributed by atoms with Crippen molar-refractivity contribution in [2.24, 2.45) is 0 Å². The molecular formula is C26H25N3O3S. The number of amides is 2. The van der Waals surface area contributed by atoms with Crippen LogP contribution in [0.2, 0.25) is 0 Å². The SMILES string of the molecule is O=C(Cc1cccs1)Nc1c(C(=O)N2CCN(Cc3ccccc3)CC2)oc2ccccc12. The van der Waals surface area contributed by atoms with Gasteiger partial charge in [-0.1, -0.05) is 48.5 Å². The van der Waals surface area contributed by atoms with Gasteiger partial charge < -0.3 is 14.6 Å². The first-order valence-corrected chi connectivity index (χ1v) is 11.9. The second-order valence-electron chi connectivity index (χ2n) is 8.16. The van der Waals surface area contributed by atoms with Crippen LogP contribution in [-0.2, 0) is 17.8 Å². The fraction of sp³-hybridized carbons (Fsp3) is 0.231. The van der Waals surface area contributed by atoms with Gasteiger partial charge in [-0.15, -0.1) is 11.3 Å².